The number of rotatable bonds is 9. The van der Waals surface area contributed by atoms with Crippen LogP contribution in [0.4, 0.5) is 16.0 Å². The lowest BCUT2D eigenvalue weighted by Crippen LogP contribution is -2.45. The molecule has 2 fully saturated rings. The van der Waals surface area contributed by atoms with Gasteiger partial charge in [-0.05, 0) is 30.9 Å². The van der Waals surface area contributed by atoms with Gasteiger partial charge in [-0.1, -0.05) is 25.7 Å². The number of carbonyl (C=O) groups is 2. The van der Waals surface area contributed by atoms with Crippen LogP contribution in [0.15, 0.2) is 0 Å². The molecule has 1 saturated heterocycles. The van der Waals surface area contributed by atoms with Gasteiger partial charge < -0.3 is 9.64 Å². The predicted octanol–water partition coefficient (Wildman–Crippen LogP) is 1.98. The molecule has 1 aromatic heterocycles. The van der Waals surface area contributed by atoms with Crippen molar-refractivity contribution < 1.29 is 23.9 Å². The Labute approximate surface area is 185 Å². The van der Waals surface area contributed by atoms with E-state index in [0.717, 1.165) is 25.7 Å². The fraction of sp³-hybridized carbons (Fsp3) is 0.684. The van der Waals surface area contributed by atoms with E-state index < -0.39 is 17.6 Å². The van der Waals surface area contributed by atoms with E-state index >= 15 is 4.39 Å². The Bertz CT molecular complexity index is 782. The molecule has 1 aromatic rings. The highest BCUT2D eigenvalue weighted by atomic mass is 35.5. The largest absolute Gasteiger partial charge is 0.377 e. The highest BCUT2D eigenvalue weighted by Crippen LogP contribution is 2.31. The highest BCUT2D eigenvalue weighted by molar-refractivity contribution is 6.28. The summed E-state index contributed by atoms with van der Waals surface area (Å²) in [5.41, 5.74) is 4.93. The molecule has 0 bridgehead atoms. The molecule has 12 heteroatoms. The lowest BCUT2D eigenvalue weighted by atomic mass is 9.92. The second-order valence-corrected chi connectivity index (χ2v) is 8.36. The number of morpholine rings is 1. The van der Waals surface area contributed by atoms with Gasteiger partial charge in [0.1, 0.15) is 0 Å². The van der Waals surface area contributed by atoms with Gasteiger partial charge in [0, 0.05) is 6.54 Å². The van der Waals surface area contributed by atoms with E-state index in [1.54, 1.807) is 4.90 Å². The van der Waals surface area contributed by atoms with Crippen molar-refractivity contribution in [3.8, 4) is 0 Å². The standard InChI is InChI=1S/C19H28ClFN6O4/c1-12-10-31-7-6-27(12)17-15(21)16(22-19(20)23-17)24-25-18(29)14(9-26(30)11-28)8-13-4-2-3-5-13/h11-14,30H,2-10H2,1H3,(H,25,29)(H,22,23,24)/t12-,14-/m0/s1. The summed E-state index contributed by atoms with van der Waals surface area (Å²) < 4.78 is 20.5. The fourth-order valence-corrected chi connectivity index (χ4v) is 4.29. The van der Waals surface area contributed by atoms with Crippen LogP contribution >= 0.6 is 11.6 Å². The summed E-state index contributed by atoms with van der Waals surface area (Å²) in [5.74, 6) is -1.79. The van der Waals surface area contributed by atoms with Crippen LogP contribution in [0, 0.1) is 17.7 Å². The molecule has 0 radical (unpaired) electrons. The molecule has 1 saturated carbocycles. The number of hydrazine groups is 1. The third-order valence-corrected chi connectivity index (χ3v) is 5.91. The van der Waals surface area contributed by atoms with Gasteiger partial charge in [-0.3, -0.25) is 25.6 Å². The van der Waals surface area contributed by atoms with Crippen molar-refractivity contribution >= 4 is 35.6 Å². The van der Waals surface area contributed by atoms with Crippen LogP contribution in [-0.2, 0) is 14.3 Å². The molecule has 2 amide bonds. The molecule has 172 valence electrons. The van der Waals surface area contributed by atoms with Gasteiger partial charge in [0.2, 0.25) is 23.4 Å². The van der Waals surface area contributed by atoms with Gasteiger partial charge in [0.15, 0.2) is 11.6 Å². The van der Waals surface area contributed by atoms with Crippen molar-refractivity contribution in [3.05, 3.63) is 11.1 Å². The third kappa shape index (κ3) is 6.14. The topological polar surface area (TPSA) is 120 Å². The maximum Gasteiger partial charge on any atom is 0.243 e. The summed E-state index contributed by atoms with van der Waals surface area (Å²) >= 11 is 5.99. The summed E-state index contributed by atoms with van der Waals surface area (Å²) in [6, 6.07) is -0.105. The second-order valence-electron chi connectivity index (χ2n) is 8.02. The smallest absolute Gasteiger partial charge is 0.243 e. The molecule has 31 heavy (non-hydrogen) atoms. The quantitative estimate of drug-likeness (QED) is 0.222. The molecular weight excluding hydrogens is 431 g/mol. The zero-order valence-electron chi connectivity index (χ0n) is 17.4. The van der Waals surface area contributed by atoms with Crippen LogP contribution in [-0.4, -0.2) is 64.9 Å². The number of hydrogen-bond acceptors (Lipinski definition) is 8. The summed E-state index contributed by atoms with van der Waals surface area (Å²) in [5, 5.41) is 9.85. The van der Waals surface area contributed by atoms with E-state index in [9.17, 15) is 14.8 Å². The molecule has 2 heterocycles. The first-order valence-corrected chi connectivity index (χ1v) is 10.8. The molecule has 0 aromatic carbocycles. The van der Waals surface area contributed by atoms with Crippen molar-refractivity contribution in [1.82, 2.24) is 20.5 Å². The van der Waals surface area contributed by atoms with Gasteiger partial charge in [0.25, 0.3) is 0 Å². The maximum atomic E-state index is 15.1. The molecule has 0 spiro atoms. The van der Waals surface area contributed by atoms with Crippen LogP contribution in [0.3, 0.4) is 0 Å². The van der Waals surface area contributed by atoms with Crippen molar-refractivity contribution in [3.63, 3.8) is 0 Å². The van der Waals surface area contributed by atoms with Crippen LogP contribution in [0.5, 0.6) is 0 Å². The first-order chi connectivity index (χ1) is 14.9. The lowest BCUT2D eigenvalue weighted by molar-refractivity contribution is -0.154. The number of halogens is 2. The van der Waals surface area contributed by atoms with Gasteiger partial charge in [-0.25, -0.2) is 5.06 Å². The summed E-state index contributed by atoms with van der Waals surface area (Å²) in [6.45, 7) is 3.03. The van der Waals surface area contributed by atoms with E-state index in [0.29, 0.717) is 37.2 Å². The van der Waals surface area contributed by atoms with Gasteiger partial charge in [-0.2, -0.15) is 14.4 Å². The van der Waals surface area contributed by atoms with Gasteiger partial charge in [0.05, 0.1) is 31.7 Å². The Morgan fingerprint density at radius 3 is 2.87 bits per heavy atom. The minimum Gasteiger partial charge on any atom is -0.377 e. The molecule has 2 atom stereocenters. The van der Waals surface area contributed by atoms with E-state index in [1.807, 2.05) is 6.92 Å². The minimum absolute atomic E-state index is 0.0255. The second kappa shape index (κ2) is 10.9. The Balaban J connectivity index is 1.70. The number of carbonyl (C=O) groups excluding carboxylic acids is 2. The van der Waals surface area contributed by atoms with E-state index in [2.05, 4.69) is 20.8 Å². The first kappa shape index (κ1) is 23.4. The van der Waals surface area contributed by atoms with Crippen molar-refractivity contribution in [2.24, 2.45) is 11.8 Å². The van der Waals surface area contributed by atoms with Gasteiger partial charge in [-0.15, -0.1) is 0 Å². The van der Waals surface area contributed by atoms with Crippen LogP contribution in [0.1, 0.15) is 39.0 Å². The van der Waals surface area contributed by atoms with Crippen molar-refractivity contribution in [2.75, 3.05) is 36.6 Å². The van der Waals surface area contributed by atoms with E-state index in [-0.39, 0.29) is 35.9 Å². The van der Waals surface area contributed by atoms with E-state index in [1.165, 1.54) is 0 Å². The summed E-state index contributed by atoms with van der Waals surface area (Å²) in [6.07, 6.45) is 4.97. The molecule has 1 aliphatic heterocycles. The SMILES string of the molecule is C[C@H]1COCCN1c1nc(Cl)nc(NNC(=O)[C@@H](CC2CCCC2)CN(O)C=O)c1F. The monoisotopic (exact) mass is 458 g/mol. The molecule has 10 nitrogen and oxygen atoms in total. The summed E-state index contributed by atoms with van der Waals surface area (Å²) in [4.78, 5) is 33.1. The number of ether oxygens (including phenoxy) is 1. The number of nitrogens with one attached hydrogen (secondary N) is 2. The Morgan fingerprint density at radius 2 is 2.19 bits per heavy atom. The summed E-state index contributed by atoms with van der Waals surface area (Å²) in [7, 11) is 0. The molecule has 3 rings (SSSR count). The molecule has 0 unspecified atom stereocenters. The lowest BCUT2D eigenvalue weighted by Gasteiger charge is -2.34. The third-order valence-electron chi connectivity index (χ3n) is 5.74. The number of hydroxylamine groups is 2. The predicted molar refractivity (Wildman–Crippen MR) is 111 cm³/mol. The Morgan fingerprint density at radius 1 is 1.45 bits per heavy atom. The van der Waals surface area contributed by atoms with Crippen molar-refractivity contribution in [2.45, 2.75) is 45.1 Å². The van der Waals surface area contributed by atoms with Crippen molar-refractivity contribution in [1.29, 1.82) is 0 Å². The first-order valence-electron chi connectivity index (χ1n) is 10.4. The number of anilines is 2. The molecule has 1 aliphatic carbocycles. The Hall–Kier alpha value is -2.24. The zero-order chi connectivity index (χ0) is 22.4. The van der Waals surface area contributed by atoms with E-state index in [4.69, 9.17) is 16.3 Å². The normalized spacial score (nSPS) is 20.4. The van der Waals surface area contributed by atoms with Crippen LogP contribution < -0.4 is 15.8 Å². The maximum absolute atomic E-state index is 15.1. The zero-order valence-corrected chi connectivity index (χ0v) is 18.1. The van der Waals surface area contributed by atoms with Crippen LogP contribution in [0.2, 0.25) is 5.28 Å². The number of aromatic nitrogens is 2. The Kier molecular flexibility index (Phi) is 8.22. The highest BCUT2D eigenvalue weighted by Gasteiger charge is 2.29. The number of nitrogens with zero attached hydrogens (tertiary/aromatic N) is 4. The molecule has 3 N–H and O–H groups in total. The number of amides is 2. The average Bonchev–Trinajstić information content (AvgIpc) is 3.27. The molecule has 2 aliphatic rings. The minimum atomic E-state index is -0.748. The van der Waals surface area contributed by atoms with Crippen LogP contribution in [0.25, 0.3) is 0 Å². The number of hydrogen-bond donors (Lipinski definition) is 3. The fourth-order valence-electron chi connectivity index (χ4n) is 4.13. The molecular formula is C19H28ClFN6O4. The average molecular weight is 459 g/mol. The van der Waals surface area contributed by atoms with Gasteiger partial charge >= 0.3 is 0 Å².